The van der Waals surface area contributed by atoms with Gasteiger partial charge in [0.15, 0.2) is 0 Å². The van der Waals surface area contributed by atoms with Crippen molar-refractivity contribution >= 4 is 10.0 Å². The molecule has 1 aromatic carbocycles. The summed E-state index contributed by atoms with van der Waals surface area (Å²) >= 11 is 0. The van der Waals surface area contributed by atoms with Crippen molar-refractivity contribution < 1.29 is 18.3 Å². The number of ether oxygens (including phenoxy) is 1. The van der Waals surface area contributed by atoms with Crippen LogP contribution in [0.1, 0.15) is 11.5 Å². The fourth-order valence-electron chi connectivity index (χ4n) is 2.04. The van der Waals surface area contributed by atoms with Crippen molar-refractivity contribution in [2.75, 3.05) is 7.11 Å². The summed E-state index contributed by atoms with van der Waals surface area (Å²) in [6.45, 7) is 0. The molecule has 0 aliphatic heterocycles. The second-order valence-electron chi connectivity index (χ2n) is 4.29. The summed E-state index contributed by atoms with van der Waals surface area (Å²) in [5.41, 5.74) is 0.853. The third-order valence-electron chi connectivity index (χ3n) is 3.11. The van der Waals surface area contributed by atoms with Crippen molar-refractivity contribution in [2.45, 2.75) is 10.9 Å². The second-order valence-corrected chi connectivity index (χ2v) is 6.02. The van der Waals surface area contributed by atoms with Crippen molar-refractivity contribution in [1.82, 2.24) is 0 Å². The van der Waals surface area contributed by atoms with Gasteiger partial charge in [0.05, 0.1) is 5.92 Å². The Balaban J connectivity index is 2.43. The minimum Gasteiger partial charge on any atom is -0.512 e. The molecule has 0 amide bonds. The van der Waals surface area contributed by atoms with Gasteiger partial charge in [0, 0.05) is 13.2 Å². The van der Waals surface area contributed by atoms with Gasteiger partial charge >= 0.3 is 0 Å². The molecule has 0 saturated heterocycles. The lowest BCUT2D eigenvalue weighted by molar-refractivity contribution is 0.133. The predicted molar refractivity (Wildman–Crippen MR) is 71.9 cm³/mol. The lowest BCUT2D eigenvalue weighted by atomic mass is 9.92. The SMILES string of the molecule is COC1(S(N)(=O)=O)C=CC(c2ccccc2)C(O)=C1. The molecule has 5 nitrogen and oxygen atoms in total. The molecule has 2 rings (SSSR count). The largest absolute Gasteiger partial charge is 0.512 e. The predicted octanol–water partition coefficient (Wildman–Crippen LogP) is 1.41. The van der Waals surface area contributed by atoms with E-state index < -0.39 is 20.9 Å². The summed E-state index contributed by atoms with van der Waals surface area (Å²) in [5.74, 6) is -0.504. The molecule has 102 valence electrons. The summed E-state index contributed by atoms with van der Waals surface area (Å²) < 4.78 is 28.1. The third kappa shape index (κ3) is 2.42. The molecule has 0 bridgehead atoms. The zero-order valence-corrected chi connectivity index (χ0v) is 11.2. The molecule has 6 heteroatoms. The first-order valence-electron chi connectivity index (χ1n) is 5.63. The molecular weight excluding hydrogens is 266 g/mol. The molecule has 1 aliphatic carbocycles. The molecule has 19 heavy (non-hydrogen) atoms. The molecular formula is C13H15NO4S. The smallest absolute Gasteiger partial charge is 0.247 e. The Bertz CT molecular complexity index is 621. The highest BCUT2D eigenvalue weighted by Gasteiger charge is 2.41. The van der Waals surface area contributed by atoms with Gasteiger partial charge < -0.3 is 9.84 Å². The maximum absolute atomic E-state index is 11.6. The molecule has 0 aromatic heterocycles. The van der Waals surface area contributed by atoms with Crippen LogP contribution in [0.2, 0.25) is 0 Å². The monoisotopic (exact) mass is 281 g/mol. The first-order chi connectivity index (χ1) is 8.89. The average molecular weight is 281 g/mol. The number of methoxy groups -OCH3 is 1. The zero-order chi connectivity index (χ0) is 14.1. The van der Waals surface area contributed by atoms with Gasteiger partial charge in [0.1, 0.15) is 5.76 Å². The zero-order valence-electron chi connectivity index (χ0n) is 10.4. The fourth-order valence-corrected chi connectivity index (χ4v) is 2.82. The Kier molecular flexibility index (Phi) is 3.49. The number of aliphatic hydroxyl groups is 1. The fraction of sp³-hybridized carbons (Fsp3) is 0.231. The van der Waals surface area contributed by atoms with E-state index in [0.717, 1.165) is 11.6 Å². The van der Waals surface area contributed by atoms with Crippen molar-refractivity contribution in [3.63, 3.8) is 0 Å². The van der Waals surface area contributed by atoms with E-state index >= 15 is 0 Å². The van der Waals surface area contributed by atoms with Crippen LogP contribution in [0.3, 0.4) is 0 Å². The van der Waals surface area contributed by atoms with Gasteiger partial charge in [-0.2, -0.15) is 0 Å². The Morgan fingerprint density at radius 3 is 2.42 bits per heavy atom. The molecule has 2 atom stereocenters. The second kappa shape index (κ2) is 4.80. The van der Waals surface area contributed by atoms with Gasteiger partial charge in [0.2, 0.25) is 15.0 Å². The lowest BCUT2D eigenvalue weighted by Crippen LogP contribution is -2.43. The highest BCUT2D eigenvalue weighted by Crippen LogP contribution is 2.34. The molecule has 2 unspecified atom stereocenters. The van der Waals surface area contributed by atoms with Crippen molar-refractivity contribution in [1.29, 1.82) is 0 Å². The number of allylic oxidation sites excluding steroid dienone is 1. The van der Waals surface area contributed by atoms with E-state index in [-0.39, 0.29) is 5.76 Å². The van der Waals surface area contributed by atoms with Gasteiger partial charge in [-0.05, 0) is 11.6 Å². The van der Waals surface area contributed by atoms with E-state index in [1.807, 2.05) is 30.3 Å². The standard InChI is InChI=1S/C13H15NO4S/c1-18-13(19(14,16)17)8-7-11(12(15)9-13)10-5-3-2-4-6-10/h2-9,11,15H,1H3,(H2,14,16,17). The first kappa shape index (κ1) is 13.8. The van der Waals surface area contributed by atoms with Crippen LogP contribution >= 0.6 is 0 Å². The van der Waals surface area contributed by atoms with Crippen LogP contribution in [0.25, 0.3) is 0 Å². The molecule has 1 aromatic rings. The van der Waals surface area contributed by atoms with Gasteiger partial charge in [0.25, 0.3) is 0 Å². The number of hydrogen-bond acceptors (Lipinski definition) is 4. The number of hydrogen-bond donors (Lipinski definition) is 2. The van der Waals surface area contributed by atoms with Crippen molar-refractivity contribution in [3.8, 4) is 0 Å². The highest BCUT2D eigenvalue weighted by molar-refractivity contribution is 7.90. The topological polar surface area (TPSA) is 89.6 Å². The Morgan fingerprint density at radius 2 is 1.95 bits per heavy atom. The number of primary sulfonamides is 1. The number of sulfonamides is 1. The molecule has 3 N–H and O–H groups in total. The Hall–Kier alpha value is -1.63. The average Bonchev–Trinajstić information content (AvgIpc) is 2.38. The Morgan fingerprint density at radius 1 is 1.32 bits per heavy atom. The van der Waals surface area contributed by atoms with Crippen LogP contribution in [-0.4, -0.2) is 25.6 Å². The van der Waals surface area contributed by atoms with Crippen LogP contribution in [-0.2, 0) is 14.8 Å². The van der Waals surface area contributed by atoms with Crippen LogP contribution in [0.4, 0.5) is 0 Å². The molecule has 0 fully saturated rings. The number of rotatable bonds is 3. The minimum atomic E-state index is -4.02. The lowest BCUT2D eigenvalue weighted by Gasteiger charge is -2.28. The molecule has 0 heterocycles. The van der Waals surface area contributed by atoms with Crippen LogP contribution in [0.5, 0.6) is 0 Å². The van der Waals surface area contributed by atoms with Gasteiger partial charge in [-0.3, -0.25) is 0 Å². The molecule has 0 spiro atoms. The van der Waals surface area contributed by atoms with E-state index in [2.05, 4.69) is 0 Å². The maximum atomic E-state index is 11.6. The number of benzene rings is 1. The van der Waals surface area contributed by atoms with Gasteiger partial charge in [-0.25, -0.2) is 13.6 Å². The number of aliphatic hydroxyl groups excluding tert-OH is 1. The van der Waals surface area contributed by atoms with Crippen LogP contribution in [0.15, 0.2) is 54.3 Å². The van der Waals surface area contributed by atoms with Gasteiger partial charge in [-0.1, -0.05) is 36.4 Å². The maximum Gasteiger partial charge on any atom is 0.247 e. The summed E-state index contributed by atoms with van der Waals surface area (Å²) in [6.07, 6.45) is 4.04. The molecule has 1 aliphatic rings. The van der Waals surface area contributed by atoms with E-state index in [1.54, 1.807) is 6.08 Å². The third-order valence-corrected chi connectivity index (χ3v) is 4.42. The van der Waals surface area contributed by atoms with E-state index in [1.165, 1.54) is 13.2 Å². The normalized spacial score (nSPS) is 27.1. The first-order valence-corrected chi connectivity index (χ1v) is 7.18. The van der Waals surface area contributed by atoms with Crippen LogP contribution < -0.4 is 5.14 Å². The number of nitrogens with two attached hydrogens (primary N) is 1. The summed E-state index contributed by atoms with van der Waals surface area (Å²) in [7, 11) is -2.80. The summed E-state index contributed by atoms with van der Waals surface area (Å²) in [5, 5.41) is 15.2. The Labute approximate surface area is 112 Å². The van der Waals surface area contributed by atoms with Crippen molar-refractivity contribution in [2.24, 2.45) is 5.14 Å². The van der Waals surface area contributed by atoms with Crippen LogP contribution in [0, 0.1) is 0 Å². The summed E-state index contributed by atoms with van der Waals surface area (Å²) in [4.78, 5) is -1.80. The van der Waals surface area contributed by atoms with E-state index in [0.29, 0.717) is 0 Å². The quantitative estimate of drug-likeness (QED) is 0.820. The van der Waals surface area contributed by atoms with E-state index in [9.17, 15) is 13.5 Å². The van der Waals surface area contributed by atoms with Crippen molar-refractivity contribution in [3.05, 3.63) is 59.9 Å². The molecule has 0 radical (unpaired) electrons. The highest BCUT2D eigenvalue weighted by atomic mass is 32.2. The minimum absolute atomic E-state index is 0.107. The van der Waals surface area contributed by atoms with E-state index in [4.69, 9.17) is 9.88 Å². The van der Waals surface area contributed by atoms with Gasteiger partial charge in [-0.15, -0.1) is 0 Å². The summed E-state index contributed by atoms with van der Waals surface area (Å²) in [6, 6.07) is 9.23. The molecule has 0 saturated carbocycles.